The van der Waals surface area contributed by atoms with Crippen LogP contribution in [0.3, 0.4) is 0 Å². The molecular weight excluding hydrogens is 354 g/mol. The van der Waals surface area contributed by atoms with Gasteiger partial charge in [0.05, 0.1) is 18.6 Å². The topological polar surface area (TPSA) is 83.9 Å². The van der Waals surface area contributed by atoms with Gasteiger partial charge in [0, 0.05) is 18.7 Å². The molecule has 0 fully saturated rings. The number of carbonyl (C=O) groups excluding carboxylic acids is 1. The van der Waals surface area contributed by atoms with Crippen LogP contribution in [0.25, 0.3) is 0 Å². The summed E-state index contributed by atoms with van der Waals surface area (Å²) >= 11 is 0. The monoisotopic (exact) mass is 383 g/mol. The summed E-state index contributed by atoms with van der Waals surface area (Å²) in [6.07, 6.45) is 3.73. The fourth-order valence-corrected chi connectivity index (χ4v) is 4.26. The van der Waals surface area contributed by atoms with Crippen LogP contribution in [-0.4, -0.2) is 50.1 Å². The first-order valence-corrected chi connectivity index (χ1v) is 10.1. The van der Waals surface area contributed by atoms with E-state index in [0.29, 0.717) is 12.8 Å². The first-order chi connectivity index (χ1) is 12.2. The summed E-state index contributed by atoms with van der Waals surface area (Å²) in [4.78, 5) is 11.4. The number of esters is 1. The first-order valence-electron chi connectivity index (χ1n) is 8.66. The van der Waals surface area contributed by atoms with Gasteiger partial charge < -0.3 is 9.84 Å². The molecule has 0 aliphatic rings. The van der Waals surface area contributed by atoms with Gasteiger partial charge in [-0.15, -0.1) is 0 Å². The van der Waals surface area contributed by atoms with Gasteiger partial charge >= 0.3 is 5.97 Å². The lowest BCUT2D eigenvalue weighted by molar-refractivity contribution is -0.134. The molecule has 0 unspecified atom stereocenters. The standard InChI is InChI=1S/C19H29NO5S/c1-15(2)13-17(14-21)20(12-6-5-7-19(22)25-4)26(23,24)18-10-8-16(3)9-11-18/h5,7-11,15,17,21H,6,12-14H2,1-4H3/b7-5+/t17-/m0/s1. The number of nitrogens with zero attached hydrogens (tertiary/aromatic N) is 1. The minimum absolute atomic E-state index is 0.168. The number of aliphatic hydroxyl groups excluding tert-OH is 1. The molecule has 0 aromatic heterocycles. The van der Waals surface area contributed by atoms with Gasteiger partial charge in [-0.05, 0) is 37.8 Å². The molecule has 1 N–H and O–H groups in total. The van der Waals surface area contributed by atoms with Crippen molar-refractivity contribution in [3.05, 3.63) is 42.0 Å². The smallest absolute Gasteiger partial charge is 0.330 e. The summed E-state index contributed by atoms with van der Waals surface area (Å²) in [6, 6.07) is 6.13. The van der Waals surface area contributed by atoms with Gasteiger partial charge in [-0.25, -0.2) is 13.2 Å². The normalized spacial score (nSPS) is 13.5. The molecule has 7 heteroatoms. The molecular formula is C19H29NO5S. The van der Waals surface area contributed by atoms with E-state index < -0.39 is 22.0 Å². The number of hydrogen-bond acceptors (Lipinski definition) is 5. The van der Waals surface area contributed by atoms with Crippen molar-refractivity contribution in [2.24, 2.45) is 5.92 Å². The summed E-state index contributed by atoms with van der Waals surface area (Å²) in [5.41, 5.74) is 0.970. The second-order valence-corrected chi connectivity index (χ2v) is 8.50. The average molecular weight is 384 g/mol. The Morgan fingerprint density at radius 2 is 1.88 bits per heavy atom. The Morgan fingerprint density at radius 1 is 1.27 bits per heavy atom. The molecule has 26 heavy (non-hydrogen) atoms. The molecule has 1 aromatic carbocycles. The molecule has 0 aliphatic carbocycles. The Kier molecular flexibility index (Phi) is 8.98. The van der Waals surface area contributed by atoms with E-state index in [1.165, 1.54) is 17.5 Å². The largest absolute Gasteiger partial charge is 0.466 e. The third-order valence-electron chi connectivity index (χ3n) is 3.96. The number of sulfonamides is 1. The summed E-state index contributed by atoms with van der Waals surface area (Å²) in [5.74, 6) is -0.257. The van der Waals surface area contributed by atoms with E-state index in [-0.39, 0.29) is 24.0 Å². The van der Waals surface area contributed by atoms with Crippen LogP contribution in [0.2, 0.25) is 0 Å². The maximum absolute atomic E-state index is 13.1. The van der Waals surface area contributed by atoms with E-state index in [2.05, 4.69) is 4.74 Å². The minimum Gasteiger partial charge on any atom is -0.466 e. The van der Waals surface area contributed by atoms with Crippen molar-refractivity contribution in [2.45, 2.75) is 44.6 Å². The lowest BCUT2D eigenvalue weighted by atomic mass is 10.0. The zero-order chi connectivity index (χ0) is 19.7. The summed E-state index contributed by atoms with van der Waals surface area (Å²) in [7, 11) is -2.47. The average Bonchev–Trinajstić information content (AvgIpc) is 2.59. The Morgan fingerprint density at radius 3 is 2.38 bits per heavy atom. The Labute approximate surface area is 156 Å². The van der Waals surface area contributed by atoms with Gasteiger partial charge in [-0.3, -0.25) is 0 Å². The maximum atomic E-state index is 13.1. The molecule has 0 aliphatic heterocycles. The van der Waals surface area contributed by atoms with Crippen molar-refractivity contribution < 1.29 is 23.1 Å². The summed E-state index contributed by atoms with van der Waals surface area (Å²) in [5, 5.41) is 9.78. The predicted octanol–water partition coefficient (Wildman–Crippen LogP) is 2.51. The minimum atomic E-state index is -3.76. The fraction of sp³-hybridized carbons (Fsp3) is 0.526. The number of aryl methyl sites for hydroxylation is 1. The first kappa shape index (κ1) is 22.3. The zero-order valence-electron chi connectivity index (χ0n) is 15.9. The van der Waals surface area contributed by atoms with Crippen LogP contribution >= 0.6 is 0 Å². The number of benzene rings is 1. The van der Waals surface area contributed by atoms with Crippen molar-refractivity contribution in [2.75, 3.05) is 20.3 Å². The summed E-state index contributed by atoms with van der Waals surface area (Å²) < 4.78 is 32.1. The van der Waals surface area contributed by atoms with Crippen molar-refractivity contribution in [3.8, 4) is 0 Å². The van der Waals surface area contributed by atoms with Crippen molar-refractivity contribution in [3.63, 3.8) is 0 Å². The molecule has 0 spiro atoms. The van der Waals surface area contributed by atoms with Crippen LogP contribution in [0.4, 0.5) is 0 Å². The second-order valence-electron chi connectivity index (χ2n) is 6.61. The molecule has 6 nitrogen and oxygen atoms in total. The van der Waals surface area contributed by atoms with E-state index >= 15 is 0 Å². The molecule has 0 saturated carbocycles. The van der Waals surface area contributed by atoms with E-state index in [9.17, 15) is 18.3 Å². The van der Waals surface area contributed by atoms with E-state index in [0.717, 1.165) is 5.56 Å². The van der Waals surface area contributed by atoms with E-state index in [4.69, 9.17) is 0 Å². The molecule has 1 rings (SSSR count). The van der Waals surface area contributed by atoms with Crippen molar-refractivity contribution >= 4 is 16.0 Å². The number of ether oxygens (including phenoxy) is 1. The lowest BCUT2D eigenvalue weighted by Crippen LogP contribution is -2.43. The third kappa shape index (κ3) is 6.55. The van der Waals surface area contributed by atoms with Crippen LogP contribution < -0.4 is 0 Å². The Hall–Kier alpha value is -1.70. The molecule has 0 saturated heterocycles. The van der Waals surface area contributed by atoms with Gasteiger partial charge in [0.15, 0.2) is 0 Å². The zero-order valence-corrected chi connectivity index (χ0v) is 16.7. The molecule has 0 amide bonds. The molecule has 0 bridgehead atoms. The van der Waals surface area contributed by atoms with Gasteiger partial charge in [0.2, 0.25) is 10.0 Å². The predicted molar refractivity (Wildman–Crippen MR) is 101 cm³/mol. The fourth-order valence-electron chi connectivity index (χ4n) is 2.62. The van der Waals surface area contributed by atoms with Gasteiger partial charge in [-0.2, -0.15) is 4.31 Å². The number of hydrogen-bond donors (Lipinski definition) is 1. The van der Waals surface area contributed by atoms with Crippen LogP contribution in [0, 0.1) is 12.8 Å². The molecule has 1 atom stereocenters. The van der Waals surface area contributed by atoms with Crippen LogP contribution in [0.1, 0.15) is 32.3 Å². The van der Waals surface area contributed by atoms with E-state index in [1.54, 1.807) is 30.3 Å². The van der Waals surface area contributed by atoms with Gasteiger partial charge in [-0.1, -0.05) is 37.6 Å². The van der Waals surface area contributed by atoms with Crippen molar-refractivity contribution in [1.82, 2.24) is 4.31 Å². The second kappa shape index (κ2) is 10.4. The number of methoxy groups -OCH3 is 1. The highest BCUT2D eigenvalue weighted by atomic mass is 32.2. The SMILES string of the molecule is COC(=O)/C=C/CCN([C@H](CO)CC(C)C)S(=O)(=O)c1ccc(C)cc1. The van der Waals surface area contributed by atoms with E-state index in [1.807, 2.05) is 20.8 Å². The van der Waals surface area contributed by atoms with Crippen molar-refractivity contribution in [1.29, 1.82) is 0 Å². The molecule has 0 radical (unpaired) electrons. The highest BCUT2D eigenvalue weighted by molar-refractivity contribution is 7.89. The highest BCUT2D eigenvalue weighted by Crippen LogP contribution is 2.22. The summed E-state index contributed by atoms with van der Waals surface area (Å²) in [6.45, 7) is 5.76. The highest BCUT2D eigenvalue weighted by Gasteiger charge is 2.31. The van der Waals surface area contributed by atoms with Gasteiger partial charge in [0.25, 0.3) is 0 Å². The molecule has 0 heterocycles. The van der Waals surface area contributed by atoms with Crippen LogP contribution in [0.15, 0.2) is 41.3 Å². The Balaban J connectivity index is 3.10. The Bertz CT molecular complexity index is 695. The lowest BCUT2D eigenvalue weighted by Gasteiger charge is -2.30. The van der Waals surface area contributed by atoms with Crippen LogP contribution in [-0.2, 0) is 19.6 Å². The molecule has 146 valence electrons. The van der Waals surface area contributed by atoms with Gasteiger partial charge in [0.1, 0.15) is 0 Å². The quantitative estimate of drug-likeness (QED) is 0.496. The molecule has 1 aromatic rings. The van der Waals surface area contributed by atoms with Crippen LogP contribution in [0.5, 0.6) is 0 Å². The maximum Gasteiger partial charge on any atom is 0.330 e. The number of rotatable bonds is 10. The number of aliphatic hydroxyl groups is 1. The third-order valence-corrected chi connectivity index (χ3v) is 5.93. The number of carbonyl (C=O) groups is 1.